The lowest BCUT2D eigenvalue weighted by molar-refractivity contribution is -0.141. The van der Waals surface area contributed by atoms with Crippen LogP contribution in [0.1, 0.15) is 19.8 Å². The molecule has 7 nitrogen and oxygen atoms in total. The second kappa shape index (κ2) is 5.67. The molecule has 0 radical (unpaired) electrons. The largest absolute Gasteiger partial charge is 0.391 e. The molecule has 2 aliphatic rings. The van der Waals surface area contributed by atoms with Crippen LogP contribution in [0.5, 0.6) is 0 Å². The number of β-lactam (4-membered cyclic amide) rings is 1. The van der Waals surface area contributed by atoms with Crippen molar-refractivity contribution in [2.75, 3.05) is 27.2 Å². The molecule has 4 N–H and O–H groups in total. The molecule has 4 atom stereocenters. The van der Waals surface area contributed by atoms with Crippen LogP contribution in [0.4, 0.5) is 0 Å². The van der Waals surface area contributed by atoms with Gasteiger partial charge in [-0.15, -0.1) is 0 Å². The summed E-state index contributed by atoms with van der Waals surface area (Å²) < 4.78 is 0. The Morgan fingerprint density at radius 1 is 1.65 bits per heavy atom. The molecule has 0 aromatic rings. The van der Waals surface area contributed by atoms with Gasteiger partial charge in [0.1, 0.15) is 11.6 Å². The number of hydrogen-bond acceptors (Lipinski definition) is 5. The Kier molecular flexibility index (Phi) is 4.31. The number of likely N-dealkylation sites (N-methyl/N-ethyl adjacent to an activating group) is 2. The highest BCUT2D eigenvalue weighted by Gasteiger charge is 2.55. The van der Waals surface area contributed by atoms with Crippen molar-refractivity contribution in [3.63, 3.8) is 0 Å². The molecule has 0 aromatic carbocycles. The third-order valence-corrected chi connectivity index (χ3v) is 4.66. The maximum atomic E-state index is 11.7. The van der Waals surface area contributed by atoms with Gasteiger partial charge in [-0.1, -0.05) is 0 Å². The van der Waals surface area contributed by atoms with E-state index in [0.717, 1.165) is 12.8 Å². The summed E-state index contributed by atoms with van der Waals surface area (Å²) in [4.78, 5) is 25.5. The summed E-state index contributed by atoms with van der Waals surface area (Å²) in [6.07, 6.45) is 1.00. The van der Waals surface area contributed by atoms with Crippen LogP contribution in [0.15, 0.2) is 0 Å². The molecular weight excluding hydrogens is 260 g/mol. The van der Waals surface area contributed by atoms with Gasteiger partial charge in [0.05, 0.1) is 6.10 Å². The Hall–Kier alpha value is -1.18. The number of nitrogens with zero attached hydrogens (tertiary/aromatic N) is 1. The van der Waals surface area contributed by atoms with Gasteiger partial charge in [0.25, 0.3) is 0 Å². The Balaban J connectivity index is 1.91. The van der Waals surface area contributed by atoms with Gasteiger partial charge < -0.3 is 21.1 Å². The lowest BCUT2D eigenvalue weighted by atomic mass is 9.89. The average Bonchev–Trinajstić information content (AvgIpc) is 2.76. The minimum Gasteiger partial charge on any atom is -0.391 e. The van der Waals surface area contributed by atoms with E-state index in [1.807, 2.05) is 7.05 Å². The average molecular weight is 284 g/mol. The van der Waals surface area contributed by atoms with Crippen LogP contribution in [0.2, 0.25) is 0 Å². The third-order valence-electron chi connectivity index (χ3n) is 4.66. The van der Waals surface area contributed by atoms with E-state index in [2.05, 4.69) is 20.9 Å². The van der Waals surface area contributed by atoms with Crippen LogP contribution >= 0.6 is 0 Å². The summed E-state index contributed by atoms with van der Waals surface area (Å²) in [5.41, 5.74) is -0.348. The van der Waals surface area contributed by atoms with Gasteiger partial charge in [-0.3, -0.25) is 14.5 Å². The molecule has 0 saturated carbocycles. The molecule has 7 heteroatoms. The molecule has 2 rings (SSSR count). The molecule has 2 amide bonds. The number of carbonyl (C=O) groups is 2. The topological polar surface area (TPSA) is 93.7 Å². The fourth-order valence-corrected chi connectivity index (χ4v) is 3.12. The molecule has 0 aliphatic carbocycles. The standard InChI is InChI=1S/C13H24N4O3/c1-8(18)10(11(19)14-2)15-6-9-4-5-13(17(9)3)7-16-12(13)20/h8-10,15,18H,4-7H2,1-3H3,(H,14,19)(H,16,20)/t8-,9?,10+,13?/m1/s1. The number of aliphatic hydroxyl groups excluding tert-OH is 1. The predicted molar refractivity (Wildman–Crippen MR) is 74.1 cm³/mol. The normalized spacial score (nSPS) is 32.6. The molecule has 2 fully saturated rings. The van der Waals surface area contributed by atoms with E-state index in [-0.39, 0.29) is 23.4 Å². The summed E-state index contributed by atoms with van der Waals surface area (Å²) in [7, 11) is 3.50. The van der Waals surface area contributed by atoms with Crippen molar-refractivity contribution in [3.8, 4) is 0 Å². The molecule has 2 heterocycles. The van der Waals surface area contributed by atoms with Gasteiger partial charge in [0.2, 0.25) is 11.8 Å². The van der Waals surface area contributed by atoms with Crippen molar-refractivity contribution in [1.29, 1.82) is 0 Å². The Labute approximate surface area is 119 Å². The zero-order chi connectivity index (χ0) is 14.9. The van der Waals surface area contributed by atoms with Gasteiger partial charge in [0.15, 0.2) is 0 Å². The van der Waals surface area contributed by atoms with Crippen LogP contribution in [-0.4, -0.2) is 72.7 Å². The van der Waals surface area contributed by atoms with E-state index in [1.54, 1.807) is 14.0 Å². The number of carbonyl (C=O) groups excluding carboxylic acids is 2. The zero-order valence-electron chi connectivity index (χ0n) is 12.3. The lowest BCUT2D eigenvalue weighted by Crippen LogP contribution is -2.71. The minimum absolute atomic E-state index is 0.0980. The van der Waals surface area contributed by atoms with E-state index in [4.69, 9.17) is 0 Å². The number of amides is 2. The molecule has 20 heavy (non-hydrogen) atoms. The van der Waals surface area contributed by atoms with Crippen molar-refractivity contribution in [2.45, 2.75) is 43.5 Å². The van der Waals surface area contributed by atoms with E-state index in [0.29, 0.717) is 13.1 Å². The molecular formula is C13H24N4O3. The van der Waals surface area contributed by atoms with E-state index < -0.39 is 12.1 Å². The smallest absolute Gasteiger partial charge is 0.242 e. The molecule has 1 spiro atoms. The maximum Gasteiger partial charge on any atom is 0.242 e. The molecule has 2 aliphatic heterocycles. The number of rotatable bonds is 5. The summed E-state index contributed by atoms with van der Waals surface area (Å²) >= 11 is 0. The molecule has 114 valence electrons. The summed E-state index contributed by atoms with van der Waals surface area (Å²) in [5, 5.41) is 18.1. The first-order valence-electron chi connectivity index (χ1n) is 7.06. The summed E-state index contributed by atoms with van der Waals surface area (Å²) in [5.74, 6) is -0.127. The van der Waals surface area contributed by atoms with E-state index >= 15 is 0 Å². The molecule has 2 saturated heterocycles. The van der Waals surface area contributed by atoms with E-state index in [1.165, 1.54) is 0 Å². The molecule has 0 bridgehead atoms. The molecule has 0 aromatic heterocycles. The molecule has 2 unspecified atom stereocenters. The second-order valence-corrected chi connectivity index (χ2v) is 5.76. The van der Waals surface area contributed by atoms with Crippen molar-refractivity contribution in [1.82, 2.24) is 20.9 Å². The van der Waals surface area contributed by atoms with Crippen LogP contribution in [0, 0.1) is 0 Å². The SMILES string of the molecule is CNC(=O)[C@@H](NCC1CCC2(CNC2=O)N1C)[C@@H](C)O. The van der Waals surface area contributed by atoms with Gasteiger partial charge >= 0.3 is 0 Å². The van der Waals surface area contributed by atoms with Gasteiger partial charge in [-0.25, -0.2) is 0 Å². The number of hydrogen-bond donors (Lipinski definition) is 4. The Bertz CT molecular complexity index is 401. The van der Waals surface area contributed by atoms with Crippen molar-refractivity contribution >= 4 is 11.8 Å². The van der Waals surface area contributed by atoms with Gasteiger partial charge in [0, 0.05) is 26.2 Å². The Morgan fingerprint density at radius 2 is 2.35 bits per heavy atom. The van der Waals surface area contributed by atoms with Crippen molar-refractivity contribution in [2.24, 2.45) is 0 Å². The van der Waals surface area contributed by atoms with Crippen molar-refractivity contribution in [3.05, 3.63) is 0 Å². The maximum absolute atomic E-state index is 11.7. The van der Waals surface area contributed by atoms with Crippen LogP contribution in [-0.2, 0) is 9.59 Å². The van der Waals surface area contributed by atoms with E-state index in [9.17, 15) is 14.7 Å². The summed E-state index contributed by atoms with van der Waals surface area (Å²) in [6, 6.07) is -0.424. The number of nitrogens with one attached hydrogen (secondary N) is 3. The Morgan fingerprint density at radius 3 is 2.75 bits per heavy atom. The van der Waals surface area contributed by atoms with Crippen LogP contribution < -0.4 is 16.0 Å². The van der Waals surface area contributed by atoms with Crippen LogP contribution in [0.25, 0.3) is 0 Å². The van der Waals surface area contributed by atoms with Crippen LogP contribution in [0.3, 0.4) is 0 Å². The predicted octanol–water partition coefficient (Wildman–Crippen LogP) is -1.97. The summed E-state index contributed by atoms with van der Waals surface area (Å²) in [6.45, 7) is 2.87. The fourth-order valence-electron chi connectivity index (χ4n) is 3.12. The monoisotopic (exact) mass is 284 g/mol. The minimum atomic E-state index is -0.761. The highest BCUT2D eigenvalue weighted by molar-refractivity contribution is 5.93. The fraction of sp³-hybridized carbons (Fsp3) is 0.846. The first kappa shape index (κ1) is 15.2. The highest BCUT2D eigenvalue weighted by Crippen LogP contribution is 2.36. The lowest BCUT2D eigenvalue weighted by Gasteiger charge is -2.44. The number of likely N-dealkylation sites (tertiary alicyclic amines) is 1. The third kappa shape index (κ3) is 2.41. The van der Waals surface area contributed by atoms with Gasteiger partial charge in [-0.05, 0) is 26.8 Å². The first-order valence-corrected chi connectivity index (χ1v) is 7.06. The first-order chi connectivity index (χ1) is 9.42. The number of aliphatic hydroxyl groups is 1. The second-order valence-electron chi connectivity index (χ2n) is 5.76. The quantitative estimate of drug-likeness (QED) is 0.440. The highest BCUT2D eigenvalue weighted by atomic mass is 16.3. The zero-order valence-corrected chi connectivity index (χ0v) is 12.3. The van der Waals surface area contributed by atoms with Gasteiger partial charge in [-0.2, -0.15) is 0 Å². The van der Waals surface area contributed by atoms with Crippen molar-refractivity contribution < 1.29 is 14.7 Å².